The molecule has 0 bridgehead atoms. The Morgan fingerprint density at radius 3 is 2.70 bits per heavy atom. The lowest BCUT2D eigenvalue weighted by Gasteiger charge is -2.06. The van der Waals surface area contributed by atoms with E-state index in [4.69, 9.17) is 5.73 Å². The van der Waals surface area contributed by atoms with E-state index in [1.807, 2.05) is 17.5 Å². The molecule has 1 fully saturated rings. The highest BCUT2D eigenvalue weighted by molar-refractivity contribution is 7.09. The summed E-state index contributed by atoms with van der Waals surface area (Å²) >= 11 is 1.67. The molecule has 1 saturated carbocycles. The number of guanidine groups is 1. The molecule has 2 atom stereocenters. The maximum absolute atomic E-state index is 13.2. The van der Waals surface area contributed by atoms with E-state index in [0.29, 0.717) is 24.5 Å². The molecule has 1 aliphatic carbocycles. The maximum Gasteiger partial charge on any atom is 0.194 e. The smallest absolute Gasteiger partial charge is 0.194 e. The van der Waals surface area contributed by atoms with Crippen LogP contribution in [0, 0.1) is 17.5 Å². The fraction of sp³-hybridized carbons (Fsp3) is 0.312. The Hall–Kier alpha value is -2.02. The molecule has 0 unspecified atom stereocenters. The zero-order valence-electron chi connectivity index (χ0n) is 12.2. The molecule has 0 radical (unpaired) electrons. The average molecular weight is 339 g/mol. The number of hydrogen-bond acceptors (Lipinski definition) is 2. The van der Waals surface area contributed by atoms with E-state index in [1.54, 1.807) is 11.3 Å². The molecular weight excluding hydrogens is 323 g/mol. The number of thiophene rings is 1. The minimum atomic E-state index is -1.44. The van der Waals surface area contributed by atoms with E-state index >= 15 is 0 Å². The quantitative estimate of drug-likeness (QED) is 0.499. The molecule has 0 saturated heterocycles. The summed E-state index contributed by atoms with van der Waals surface area (Å²) < 4.78 is 39.4. The molecule has 2 aromatic rings. The van der Waals surface area contributed by atoms with Crippen LogP contribution in [0.1, 0.15) is 22.8 Å². The molecule has 0 spiro atoms. The topological polar surface area (TPSA) is 50.4 Å². The van der Waals surface area contributed by atoms with Crippen molar-refractivity contribution >= 4 is 17.3 Å². The van der Waals surface area contributed by atoms with Gasteiger partial charge in [-0.3, -0.25) is 4.99 Å². The van der Waals surface area contributed by atoms with Crippen molar-refractivity contribution in [2.24, 2.45) is 10.7 Å². The fourth-order valence-corrected chi connectivity index (χ4v) is 3.19. The molecule has 1 aromatic carbocycles. The summed E-state index contributed by atoms with van der Waals surface area (Å²) in [6, 6.07) is 6.08. The Labute approximate surface area is 136 Å². The van der Waals surface area contributed by atoms with Gasteiger partial charge in [0.05, 0.1) is 0 Å². The maximum atomic E-state index is 13.2. The second kappa shape index (κ2) is 6.62. The highest BCUT2D eigenvalue weighted by Crippen LogP contribution is 2.41. The van der Waals surface area contributed by atoms with Crippen molar-refractivity contribution in [2.45, 2.75) is 24.8 Å². The summed E-state index contributed by atoms with van der Waals surface area (Å²) in [4.78, 5) is 5.48. The Morgan fingerprint density at radius 1 is 1.30 bits per heavy atom. The summed E-state index contributed by atoms with van der Waals surface area (Å²) in [5.41, 5.74) is 6.25. The van der Waals surface area contributed by atoms with E-state index in [2.05, 4.69) is 10.3 Å². The van der Waals surface area contributed by atoms with E-state index < -0.39 is 17.5 Å². The second-order valence-corrected chi connectivity index (χ2v) is 6.52. The molecule has 23 heavy (non-hydrogen) atoms. The fourth-order valence-electron chi connectivity index (χ4n) is 2.49. The van der Waals surface area contributed by atoms with Gasteiger partial charge in [0.1, 0.15) is 0 Å². The summed E-state index contributed by atoms with van der Waals surface area (Å²) in [7, 11) is 0. The van der Waals surface area contributed by atoms with Gasteiger partial charge in [0.15, 0.2) is 23.4 Å². The number of nitrogens with one attached hydrogen (secondary N) is 1. The molecule has 3 nitrogen and oxygen atoms in total. The van der Waals surface area contributed by atoms with Gasteiger partial charge in [-0.2, -0.15) is 0 Å². The van der Waals surface area contributed by atoms with Crippen molar-refractivity contribution in [3.63, 3.8) is 0 Å². The van der Waals surface area contributed by atoms with Gasteiger partial charge >= 0.3 is 0 Å². The minimum absolute atomic E-state index is 0.0234. The first-order chi connectivity index (χ1) is 11.0. The number of rotatable bonds is 5. The Balaban J connectivity index is 1.52. The molecular formula is C16H16F3N3S. The van der Waals surface area contributed by atoms with Crippen molar-refractivity contribution < 1.29 is 13.2 Å². The summed E-state index contributed by atoms with van der Waals surface area (Å²) in [5, 5.41) is 5.04. The van der Waals surface area contributed by atoms with Gasteiger partial charge in [-0.15, -0.1) is 11.3 Å². The molecule has 7 heteroatoms. The largest absolute Gasteiger partial charge is 0.370 e. The van der Waals surface area contributed by atoms with Gasteiger partial charge in [0, 0.05) is 29.8 Å². The van der Waals surface area contributed by atoms with Crippen LogP contribution >= 0.6 is 11.3 Å². The monoisotopic (exact) mass is 339 g/mol. The second-order valence-electron chi connectivity index (χ2n) is 5.49. The van der Waals surface area contributed by atoms with Crippen LogP contribution in [0.15, 0.2) is 34.6 Å². The third kappa shape index (κ3) is 3.85. The summed E-state index contributed by atoms with van der Waals surface area (Å²) in [5.74, 6) is -3.53. The van der Waals surface area contributed by atoms with Gasteiger partial charge in [0.25, 0.3) is 0 Å². The Morgan fingerprint density at radius 2 is 2.04 bits per heavy atom. The van der Waals surface area contributed by atoms with E-state index in [0.717, 1.165) is 18.6 Å². The first kappa shape index (κ1) is 15.9. The number of halogens is 3. The molecule has 3 N–H and O–H groups in total. The average Bonchev–Trinajstić information content (AvgIpc) is 3.06. The van der Waals surface area contributed by atoms with Crippen LogP contribution in [-0.4, -0.2) is 18.5 Å². The zero-order chi connectivity index (χ0) is 16.4. The lowest BCUT2D eigenvalue weighted by molar-refractivity contribution is 0.445. The number of nitrogens with zero attached hydrogens (tertiary/aromatic N) is 1. The summed E-state index contributed by atoms with van der Waals surface area (Å²) in [6.07, 6.45) is 1.51. The van der Waals surface area contributed by atoms with Gasteiger partial charge in [-0.1, -0.05) is 6.07 Å². The molecule has 3 rings (SSSR count). The molecule has 0 aliphatic heterocycles. The van der Waals surface area contributed by atoms with Gasteiger partial charge in [-0.05, 0) is 35.6 Å². The lowest BCUT2D eigenvalue weighted by atomic mass is 10.1. The van der Waals surface area contributed by atoms with E-state index in [-0.39, 0.29) is 12.0 Å². The molecule has 0 amide bonds. The predicted octanol–water partition coefficient (Wildman–Crippen LogP) is 3.17. The normalized spacial score (nSPS) is 20.6. The van der Waals surface area contributed by atoms with E-state index in [1.165, 1.54) is 4.88 Å². The standard InChI is InChI=1S/C16H16F3N3S/c17-12-6-9(7-13(18)15(12)19)11-8-14(11)22-16(20)21-4-3-10-2-1-5-23-10/h1-2,5-7,11,14H,3-4,8H2,(H3,20,21,22)/t11-,14+/m0/s1. The van der Waals surface area contributed by atoms with Crippen molar-refractivity contribution in [3.05, 3.63) is 57.5 Å². The minimum Gasteiger partial charge on any atom is -0.370 e. The third-order valence-corrected chi connectivity index (χ3v) is 4.71. The van der Waals surface area contributed by atoms with Crippen molar-refractivity contribution in [3.8, 4) is 0 Å². The van der Waals surface area contributed by atoms with Gasteiger partial charge in [0.2, 0.25) is 0 Å². The van der Waals surface area contributed by atoms with Gasteiger partial charge in [-0.25, -0.2) is 13.2 Å². The predicted molar refractivity (Wildman–Crippen MR) is 85.1 cm³/mol. The number of benzene rings is 1. The van der Waals surface area contributed by atoms with Crippen molar-refractivity contribution in [1.29, 1.82) is 0 Å². The SMILES string of the molecule is NC(=NCCc1cccs1)N[C@@H]1C[C@H]1c1cc(F)c(F)c(F)c1. The van der Waals surface area contributed by atoms with Crippen molar-refractivity contribution in [1.82, 2.24) is 5.32 Å². The first-order valence-electron chi connectivity index (χ1n) is 7.28. The number of nitrogens with two attached hydrogens (primary N) is 1. The highest BCUT2D eigenvalue weighted by atomic mass is 32.1. The third-order valence-electron chi connectivity index (χ3n) is 3.78. The molecule has 1 heterocycles. The Kier molecular flexibility index (Phi) is 4.56. The van der Waals surface area contributed by atoms with Crippen LogP contribution in [0.2, 0.25) is 0 Å². The number of hydrogen-bond donors (Lipinski definition) is 2. The van der Waals surface area contributed by atoms with Crippen LogP contribution in [-0.2, 0) is 6.42 Å². The van der Waals surface area contributed by atoms with Crippen molar-refractivity contribution in [2.75, 3.05) is 6.54 Å². The van der Waals surface area contributed by atoms with Crippen LogP contribution in [0.3, 0.4) is 0 Å². The van der Waals surface area contributed by atoms with E-state index in [9.17, 15) is 13.2 Å². The lowest BCUT2D eigenvalue weighted by Crippen LogP contribution is -2.34. The molecule has 1 aliphatic rings. The zero-order valence-corrected chi connectivity index (χ0v) is 13.0. The Bertz CT molecular complexity index is 692. The first-order valence-corrected chi connectivity index (χ1v) is 8.16. The summed E-state index contributed by atoms with van der Waals surface area (Å²) in [6.45, 7) is 0.580. The van der Waals surface area contributed by atoms with Crippen LogP contribution < -0.4 is 11.1 Å². The van der Waals surface area contributed by atoms with Crippen LogP contribution in [0.4, 0.5) is 13.2 Å². The highest BCUT2D eigenvalue weighted by Gasteiger charge is 2.39. The van der Waals surface area contributed by atoms with Gasteiger partial charge < -0.3 is 11.1 Å². The number of aliphatic imine (C=N–C) groups is 1. The van der Waals surface area contributed by atoms with Crippen LogP contribution in [0.25, 0.3) is 0 Å². The molecule has 122 valence electrons. The molecule has 1 aromatic heterocycles. The van der Waals surface area contributed by atoms with Crippen LogP contribution in [0.5, 0.6) is 0 Å².